The van der Waals surface area contributed by atoms with Crippen LogP contribution in [0.2, 0.25) is 0 Å². The number of aromatic nitrogens is 2. The van der Waals surface area contributed by atoms with E-state index in [0.717, 1.165) is 17.6 Å². The molecular formula is C15H20IN3O. The summed E-state index contributed by atoms with van der Waals surface area (Å²) in [6, 6.07) is 6.23. The number of nitrogen functional groups attached to an aromatic ring is 1. The summed E-state index contributed by atoms with van der Waals surface area (Å²) in [5, 5.41) is 0. The van der Waals surface area contributed by atoms with Gasteiger partial charge in [-0.2, -0.15) is 0 Å². The maximum atomic E-state index is 6.02. The summed E-state index contributed by atoms with van der Waals surface area (Å²) in [6.07, 6.45) is 6.83. The van der Waals surface area contributed by atoms with Gasteiger partial charge in [0, 0.05) is 10.1 Å². The summed E-state index contributed by atoms with van der Waals surface area (Å²) in [4.78, 5) is 4.42. The quantitative estimate of drug-likeness (QED) is 0.819. The van der Waals surface area contributed by atoms with Gasteiger partial charge in [0.1, 0.15) is 0 Å². The molecule has 108 valence electrons. The van der Waals surface area contributed by atoms with Crippen molar-refractivity contribution in [1.29, 1.82) is 0 Å². The molecule has 1 aromatic carbocycles. The summed E-state index contributed by atoms with van der Waals surface area (Å²) in [5.74, 6) is 0.578. The summed E-state index contributed by atoms with van der Waals surface area (Å²) in [5.41, 5.74) is 8.07. The van der Waals surface area contributed by atoms with Crippen molar-refractivity contribution in [2.24, 2.45) is 0 Å². The molecule has 0 bridgehead atoms. The molecule has 1 fully saturated rings. The van der Waals surface area contributed by atoms with E-state index in [4.69, 9.17) is 10.5 Å². The van der Waals surface area contributed by atoms with Crippen molar-refractivity contribution in [2.75, 3.05) is 12.3 Å². The van der Waals surface area contributed by atoms with Crippen molar-refractivity contribution in [3.05, 3.63) is 21.8 Å². The van der Waals surface area contributed by atoms with Crippen LogP contribution < -0.4 is 5.73 Å². The van der Waals surface area contributed by atoms with Crippen LogP contribution in [0.15, 0.2) is 18.2 Å². The third-order valence-electron chi connectivity index (χ3n) is 3.96. The Bertz CT molecular complexity index is 590. The van der Waals surface area contributed by atoms with E-state index in [1.165, 1.54) is 35.7 Å². The van der Waals surface area contributed by atoms with Gasteiger partial charge in [-0.3, -0.25) is 0 Å². The van der Waals surface area contributed by atoms with E-state index < -0.39 is 0 Å². The van der Waals surface area contributed by atoms with Crippen LogP contribution in [-0.4, -0.2) is 22.3 Å². The second-order valence-corrected chi connectivity index (χ2v) is 6.63. The number of hydrogen-bond donors (Lipinski definition) is 1. The molecule has 1 aromatic heterocycles. The molecule has 0 radical (unpaired) electrons. The first kappa shape index (κ1) is 14.1. The van der Waals surface area contributed by atoms with Gasteiger partial charge in [-0.25, -0.2) is 4.98 Å². The van der Waals surface area contributed by atoms with Crippen molar-refractivity contribution >= 4 is 39.6 Å². The highest BCUT2D eigenvalue weighted by Crippen LogP contribution is 2.22. The SMILES string of the molecule is Nc1nc2cc(I)ccc2n1CCOC1CCCCC1. The summed E-state index contributed by atoms with van der Waals surface area (Å²) < 4.78 is 9.21. The van der Waals surface area contributed by atoms with E-state index >= 15 is 0 Å². The molecule has 4 nitrogen and oxygen atoms in total. The maximum absolute atomic E-state index is 6.02. The Morgan fingerprint density at radius 2 is 2.10 bits per heavy atom. The Kier molecular flexibility index (Phi) is 4.45. The molecule has 0 aliphatic heterocycles. The number of imidazole rings is 1. The van der Waals surface area contributed by atoms with Gasteiger partial charge >= 0.3 is 0 Å². The van der Waals surface area contributed by atoms with Crippen LogP contribution in [-0.2, 0) is 11.3 Å². The average Bonchev–Trinajstić information content (AvgIpc) is 2.75. The molecule has 1 aliphatic carbocycles. The number of ether oxygens (including phenoxy) is 1. The van der Waals surface area contributed by atoms with Crippen molar-refractivity contribution in [1.82, 2.24) is 9.55 Å². The molecule has 20 heavy (non-hydrogen) atoms. The number of halogens is 1. The molecule has 0 saturated heterocycles. The Morgan fingerprint density at radius 3 is 2.90 bits per heavy atom. The molecule has 2 N–H and O–H groups in total. The predicted molar refractivity (Wildman–Crippen MR) is 89.7 cm³/mol. The van der Waals surface area contributed by atoms with Gasteiger partial charge in [-0.05, 0) is 53.6 Å². The van der Waals surface area contributed by atoms with Gasteiger partial charge in [0.15, 0.2) is 0 Å². The number of hydrogen-bond acceptors (Lipinski definition) is 3. The smallest absolute Gasteiger partial charge is 0.201 e. The van der Waals surface area contributed by atoms with Crippen molar-refractivity contribution < 1.29 is 4.74 Å². The van der Waals surface area contributed by atoms with Gasteiger partial charge in [0.05, 0.1) is 23.7 Å². The molecule has 0 unspecified atom stereocenters. The van der Waals surface area contributed by atoms with Gasteiger partial charge < -0.3 is 15.0 Å². The number of benzene rings is 1. The summed E-state index contributed by atoms with van der Waals surface area (Å²) in [7, 11) is 0. The number of fused-ring (bicyclic) bond motifs is 1. The lowest BCUT2D eigenvalue weighted by Crippen LogP contribution is -2.19. The van der Waals surface area contributed by atoms with E-state index in [0.29, 0.717) is 18.7 Å². The van der Waals surface area contributed by atoms with Gasteiger partial charge in [0.2, 0.25) is 5.95 Å². The minimum absolute atomic E-state index is 0.445. The molecule has 0 atom stereocenters. The topological polar surface area (TPSA) is 53.1 Å². The van der Waals surface area contributed by atoms with Gasteiger partial charge in [0.25, 0.3) is 0 Å². The van der Waals surface area contributed by atoms with Crippen molar-refractivity contribution in [2.45, 2.75) is 44.8 Å². The number of nitrogens with zero attached hydrogens (tertiary/aromatic N) is 2. The highest BCUT2D eigenvalue weighted by atomic mass is 127. The zero-order chi connectivity index (χ0) is 13.9. The average molecular weight is 385 g/mol. The standard InChI is InChI=1S/C15H20IN3O/c16-11-6-7-14-13(10-11)18-15(17)19(14)8-9-20-12-4-2-1-3-5-12/h6-7,10,12H,1-5,8-9H2,(H2,17,18). The lowest BCUT2D eigenvalue weighted by molar-refractivity contribution is 0.0246. The van der Waals surface area contributed by atoms with Crippen molar-refractivity contribution in [3.8, 4) is 0 Å². The minimum atomic E-state index is 0.445. The van der Waals surface area contributed by atoms with E-state index in [1.807, 2.05) is 4.57 Å². The molecule has 1 aliphatic rings. The molecule has 0 spiro atoms. The zero-order valence-corrected chi connectivity index (χ0v) is 13.7. The third kappa shape index (κ3) is 3.09. The minimum Gasteiger partial charge on any atom is -0.376 e. The van der Waals surface area contributed by atoms with Crippen LogP contribution in [0.25, 0.3) is 11.0 Å². The molecular weight excluding hydrogens is 365 g/mol. The van der Waals surface area contributed by atoms with Crippen LogP contribution in [0.3, 0.4) is 0 Å². The highest BCUT2D eigenvalue weighted by molar-refractivity contribution is 14.1. The Labute approximate surface area is 132 Å². The number of nitrogens with two attached hydrogens (primary N) is 1. The van der Waals surface area contributed by atoms with E-state index in [1.54, 1.807) is 0 Å². The third-order valence-corrected chi connectivity index (χ3v) is 4.63. The Morgan fingerprint density at radius 1 is 1.30 bits per heavy atom. The van der Waals surface area contributed by atoms with E-state index in [-0.39, 0.29) is 0 Å². The Hall–Kier alpha value is -0.820. The van der Waals surface area contributed by atoms with Gasteiger partial charge in [-0.1, -0.05) is 19.3 Å². The lowest BCUT2D eigenvalue weighted by atomic mass is 9.98. The second kappa shape index (κ2) is 6.30. The summed E-state index contributed by atoms with van der Waals surface area (Å²) in [6.45, 7) is 1.49. The molecule has 1 saturated carbocycles. The second-order valence-electron chi connectivity index (χ2n) is 5.39. The number of anilines is 1. The zero-order valence-electron chi connectivity index (χ0n) is 11.5. The first-order valence-corrected chi connectivity index (χ1v) is 8.35. The molecule has 0 amide bonds. The first-order valence-electron chi connectivity index (χ1n) is 7.27. The van der Waals surface area contributed by atoms with Crippen LogP contribution >= 0.6 is 22.6 Å². The molecule has 3 rings (SSSR count). The lowest BCUT2D eigenvalue weighted by Gasteiger charge is -2.22. The first-order chi connectivity index (χ1) is 9.74. The van der Waals surface area contributed by atoms with Crippen molar-refractivity contribution in [3.63, 3.8) is 0 Å². The van der Waals surface area contributed by atoms with Crippen LogP contribution in [0.4, 0.5) is 5.95 Å². The maximum Gasteiger partial charge on any atom is 0.201 e. The molecule has 5 heteroatoms. The number of rotatable bonds is 4. The van der Waals surface area contributed by atoms with Crippen LogP contribution in [0.5, 0.6) is 0 Å². The van der Waals surface area contributed by atoms with Crippen LogP contribution in [0, 0.1) is 3.57 Å². The summed E-state index contributed by atoms with van der Waals surface area (Å²) >= 11 is 2.29. The normalized spacial score (nSPS) is 16.9. The van der Waals surface area contributed by atoms with E-state index in [2.05, 4.69) is 45.8 Å². The fourth-order valence-electron chi connectivity index (χ4n) is 2.90. The molecule has 1 heterocycles. The fourth-order valence-corrected chi connectivity index (χ4v) is 3.37. The predicted octanol–water partition coefficient (Wildman–Crippen LogP) is 3.57. The van der Waals surface area contributed by atoms with Crippen LogP contribution in [0.1, 0.15) is 32.1 Å². The molecule has 2 aromatic rings. The monoisotopic (exact) mass is 385 g/mol. The van der Waals surface area contributed by atoms with E-state index in [9.17, 15) is 0 Å². The highest BCUT2D eigenvalue weighted by Gasteiger charge is 2.14. The van der Waals surface area contributed by atoms with Gasteiger partial charge in [-0.15, -0.1) is 0 Å². The fraction of sp³-hybridized carbons (Fsp3) is 0.533. The Balaban J connectivity index is 1.66. The largest absolute Gasteiger partial charge is 0.376 e.